The Morgan fingerprint density at radius 1 is 0.698 bits per heavy atom. The number of nitrogens with two attached hydrogens (primary N) is 2. The normalized spacial score (nSPS) is 13.7. The minimum atomic E-state index is 0.404. The van der Waals surface area contributed by atoms with Crippen LogP contribution in [0.15, 0.2) is 164 Å². The second kappa shape index (κ2) is 12.9. The van der Waals surface area contributed by atoms with Gasteiger partial charge in [-0.1, -0.05) is 110 Å². The molecule has 1 aliphatic carbocycles. The van der Waals surface area contributed by atoms with E-state index in [4.69, 9.17) is 11.5 Å². The maximum atomic E-state index is 6.26. The summed E-state index contributed by atoms with van der Waals surface area (Å²) >= 11 is 0. The molecule has 0 saturated carbocycles. The second-order valence-corrected chi connectivity index (χ2v) is 13.7. The lowest BCUT2D eigenvalue weighted by atomic mass is 9.97. The molecule has 0 aliphatic heterocycles. The molecule has 4 N–H and O–H groups in total. The number of hydrogen-bond acceptors (Lipinski definition) is 2. The molecular weight excluding hydrogens is 645 g/mol. The van der Waals surface area contributed by atoms with Crippen LogP contribution in [0.3, 0.4) is 0 Å². The molecule has 2 heterocycles. The smallest absolute Gasteiger partial charge is 0.0547 e. The standard InChI is InChI=1S/C49H40N4/c1-4-6-16-37-31(3)20-23-47-49(37)41-27-33(22-25-46(41)53(47)35-14-8-7-9-15-35)32-21-24-45-40(26-32)38-17-10-11-19-44(38)52(45)30-34-13-12-18-39-36(5-2)42(28-50)43(29-51)48(34)39/h4-27,29H,1-2,28,30,50-51H2,3H3/b16-6-,43-29-. The van der Waals surface area contributed by atoms with Crippen LogP contribution >= 0.6 is 0 Å². The van der Waals surface area contributed by atoms with E-state index in [2.05, 4.69) is 157 Å². The lowest BCUT2D eigenvalue weighted by molar-refractivity contribution is 0.866. The Bertz CT molecular complexity index is 2890. The predicted octanol–water partition coefficient (Wildman–Crippen LogP) is 11.3. The van der Waals surface area contributed by atoms with Gasteiger partial charge < -0.3 is 20.6 Å². The van der Waals surface area contributed by atoms with E-state index < -0.39 is 0 Å². The van der Waals surface area contributed by atoms with E-state index in [1.54, 1.807) is 6.20 Å². The van der Waals surface area contributed by atoms with Crippen molar-refractivity contribution in [3.63, 3.8) is 0 Å². The number of hydrogen-bond donors (Lipinski definition) is 2. The molecule has 0 radical (unpaired) electrons. The Morgan fingerprint density at radius 2 is 1.42 bits per heavy atom. The summed E-state index contributed by atoms with van der Waals surface area (Å²) in [7, 11) is 0. The topological polar surface area (TPSA) is 61.9 Å². The van der Waals surface area contributed by atoms with Gasteiger partial charge in [-0.15, -0.1) is 0 Å². The number of aromatic nitrogens is 2. The number of allylic oxidation sites excluding steroid dienone is 4. The molecule has 256 valence electrons. The van der Waals surface area contributed by atoms with Gasteiger partial charge in [-0.3, -0.25) is 0 Å². The number of rotatable bonds is 8. The van der Waals surface area contributed by atoms with Crippen molar-refractivity contribution in [2.24, 2.45) is 11.5 Å². The molecule has 0 unspecified atom stereocenters. The summed E-state index contributed by atoms with van der Waals surface area (Å²) in [6.45, 7) is 11.3. The molecule has 8 aromatic rings. The van der Waals surface area contributed by atoms with Crippen LogP contribution in [0.4, 0.5) is 0 Å². The van der Waals surface area contributed by atoms with Crippen molar-refractivity contribution in [2.75, 3.05) is 6.54 Å². The van der Waals surface area contributed by atoms with Crippen molar-refractivity contribution in [3.05, 3.63) is 192 Å². The molecule has 0 amide bonds. The van der Waals surface area contributed by atoms with Crippen LogP contribution in [0.1, 0.15) is 27.8 Å². The minimum absolute atomic E-state index is 0.404. The van der Waals surface area contributed by atoms with Crippen LogP contribution in [0.2, 0.25) is 0 Å². The first-order valence-corrected chi connectivity index (χ1v) is 18.1. The molecule has 4 nitrogen and oxygen atoms in total. The molecular formula is C49H40N4. The largest absolute Gasteiger partial charge is 0.404 e. The van der Waals surface area contributed by atoms with Crippen molar-refractivity contribution in [1.82, 2.24) is 9.13 Å². The minimum Gasteiger partial charge on any atom is -0.404 e. The highest BCUT2D eigenvalue weighted by molar-refractivity contribution is 6.15. The Kier molecular flexibility index (Phi) is 7.83. The fourth-order valence-corrected chi connectivity index (χ4v) is 8.60. The highest BCUT2D eigenvalue weighted by Crippen LogP contribution is 2.44. The van der Waals surface area contributed by atoms with Gasteiger partial charge in [-0.2, -0.15) is 0 Å². The first-order chi connectivity index (χ1) is 26.1. The van der Waals surface area contributed by atoms with Crippen molar-refractivity contribution < 1.29 is 0 Å². The molecule has 0 bridgehead atoms. The van der Waals surface area contributed by atoms with E-state index in [-0.39, 0.29) is 0 Å². The molecule has 0 spiro atoms. The van der Waals surface area contributed by atoms with Gasteiger partial charge in [0.05, 0.1) is 11.0 Å². The number of fused-ring (bicyclic) bond motifs is 7. The summed E-state index contributed by atoms with van der Waals surface area (Å²) < 4.78 is 4.81. The van der Waals surface area contributed by atoms with E-state index >= 15 is 0 Å². The van der Waals surface area contributed by atoms with Crippen molar-refractivity contribution in [1.29, 1.82) is 0 Å². The summed E-state index contributed by atoms with van der Waals surface area (Å²) in [6.07, 6.45) is 9.67. The second-order valence-electron chi connectivity index (χ2n) is 13.7. The zero-order valence-electron chi connectivity index (χ0n) is 29.8. The van der Waals surface area contributed by atoms with Gasteiger partial charge in [0.15, 0.2) is 0 Å². The highest BCUT2D eigenvalue weighted by Gasteiger charge is 2.27. The Hall–Kier alpha value is -6.62. The molecule has 0 atom stereocenters. The summed E-state index contributed by atoms with van der Waals surface area (Å²) in [4.78, 5) is 0. The van der Waals surface area contributed by atoms with Crippen LogP contribution in [0, 0.1) is 6.92 Å². The Morgan fingerprint density at radius 3 is 2.17 bits per heavy atom. The Balaban J connectivity index is 1.22. The van der Waals surface area contributed by atoms with Crippen molar-refractivity contribution in [3.8, 4) is 16.8 Å². The van der Waals surface area contributed by atoms with Gasteiger partial charge >= 0.3 is 0 Å². The van der Waals surface area contributed by atoms with Crippen LogP contribution in [-0.2, 0) is 6.54 Å². The molecule has 0 fully saturated rings. The van der Waals surface area contributed by atoms with Crippen molar-refractivity contribution >= 4 is 60.8 Å². The monoisotopic (exact) mass is 684 g/mol. The molecule has 4 heteroatoms. The summed E-state index contributed by atoms with van der Waals surface area (Å²) in [5, 5.41) is 4.93. The molecule has 6 aromatic carbocycles. The maximum Gasteiger partial charge on any atom is 0.0547 e. The van der Waals surface area contributed by atoms with E-state index in [9.17, 15) is 0 Å². The summed E-state index contributed by atoms with van der Waals surface area (Å²) in [5.74, 6) is 0. The molecule has 53 heavy (non-hydrogen) atoms. The number of nitrogens with zero attached hydrogens (tertiary/aromatic N) is 2. The average molecular weight is 685 g/mol. The van der Waals surface area contributed by atoms with Gasteiger partial charge in [0.25, 0.3) is 0 Å². The average Bonchev–Trinajstić information content (AvgIpc) is 3.82. The maximum absolute atomic E-state index is 6.26. The molecule has 2 aromatic heterocycles. The van der Waals surface area contributed by atoms with E-state index in [1.165, 1.54) is 71.4 Å². The molecule has 1 aliphatic rings. The highest BCUT2D eigenvalue weighted by atomic mass is 15.0. The Labute approximate surface area is 309 Å². The van der Waals surface area contributed by atoms with E-state index in [1.807, 2.05) is 18.2 Å². The fourth-order valence-electron chi connectivity index (χ4n) is 8.60. The zero-order valence-corrected chi connectivity index (χ0v) is 29.8. The molecule has 0 saturated heterocycles. The van der Waals surface area contributed by atoms with E-state index in [0.29, 0.717) is 13.1 Å². The zero-order chi connectivity index (χ0) is 36.2. The van der Waals surface area contributed by atoms with E-state index in [0.717, 1.165) is 33.5 Å². The number of para-hydroxylation sites is 2. The van der Waals surface area contributed by atoms with Gasteiger partial charge in [-0.25, -0.2) is 0 Å². The summed E-state index contributed by atoms with van der Waals surface area (Å²) in [6, 6.07) is 44.1. The SMILES string of the molecule is C=C/C=C\c1c(C)ccc2c1c1cc(-c3ccc4c(c3)c3ccccc3n4Cc3cccc4c3/C(=C\N)C(CN)=C4C=C)ccc1n2-c1ccccc1. The lowest BCUT2D eigenvalue weighted by Gasteiger charge is -2.14. The summed E-state index contributed by atoms with van der Waals surface area (Å²) in [5.41, 5.74) is 29.8. The van der Waals surface area contributed by atoms with Gasteiger partial charge in [0, 0.05) is 63.1 Å². The van der Waals surface area contributed by atoms with Crippen molar-refractivity contribution in [2.45, 2.75) is 13.5 Å². The third-order valence-corrected chi connectivity index (χ3v) is 11.0. The van der Waals surface area contributed by atoms with Crippen LogP contribution in [0.25, 0.3) is 77.6 Å². The molecule has 9 rings (SSSR count). The van der Waals surface area contributed by atoms with Crippen LogP contribution in [0.5, 0.6) is 0 Å². The quantitative estimate of drug-likeness (QED) is 0.157. The fraction of sp³-hybridized carbons (Fsp3) is 0.0612. The van der Waals surface area contributed by atoms with Gasteiger partial charge in [-0.05, 0) is 106 Å². The first-order valence-electron chi connectivity index (χ1n) is 18.1. The number of aryl methyl sites for hydroxylation is 1. The third kappa shape index (κ3) is 4.95. The van der Waals surface area contributed by atoms with Crippen LogP contribution in [-0.4, -0.2) is 15.7 Å². The van der Waals surface area contributed by atoms with Gasteiger partial charge in [0.1, 0.15) is 0 Å². The predicted molar refractivity (Wildman–Crippen MR) is 227 cm³/mol. The first kappa shape index (κ1) is 32.3. The van der Waals surface area contributed by atoms with Gasteiger partial charge in [0.2, 0.25) is 0 Å². The van der Waals surface area contributed by atoms with Crippen LogP contribution < -0.4 is 11.5 Å². The number of benzene rings is 6. The third-order valence-electron chi connectivity index (χ3n) is 11.0. The lowest BCUT2D eigenvalue weighted by Crippen LogP contribution is -2.07.